The van der Waals surface area contributed by atoms with Gasteiger partial charge in [0, 0.05) is 72.0 Å². The topological polar surface area (TPSA) is 82.4 Å². The first-order valence-electron chi connectivity index (χ1n) is 23.3. The fourth-order valence-electron chi connectivity index (χ4n) is 7.70. The van der Waals surface area contributed by atoms with Gasteiger partial charge in [0.15, 0.2) is 0 Å². The Labute approximate surface area is 320 Å². The molecule has 1 aliphatic rings. The van der Waals surface area contributed by atoms with Crippen molar-refractivity contribution in [3.8, 4) is 0 Å². The molecule has 0 aliphatic carbocycles. The van der Waals surface area contributed by atoms with E-state index in [9.17, 15) is 15.3 Å². The maximum atomic E-state index is 11.1. The molecule has 7 heteroatoms. The molecule has 0 radical (unpaired) electrons. The van der Waals surface area contributed by atoms with Crippen LogP contribution in [0.1, 0.15) is 194 Å². The molecule has 306 valence electrons. The number of hydrogen-bond acceptors (Lipinski definition) is 7. The number of aliphatic hydroxyl groups excluding tert-OH is 3. The van der Waals surface area contributed by atoms with Crippen LogP contribution in [0.3, 0.4) is 0 Å². The van der Waals surface area contributed by atoms with Gasteiger partial charge in [-0.25, -0.2) is 0 Å². The van der Waals surface area contributed by atoms with E-state index in [0.29, 0.717) is 19.6 Å². The molecule has 1 rings (SSSR count). The van der Waals surface area contributed by atoms with E-state index >= 15 is 0 Å². The summed E-state index contributed by atoms with van der Waals surface area (Å²) in [6.45, 7) is 15.7. The third-order valence-electron chi connectivity index (χ3n) is 11.2. The van der Waals surface area contributed by atoms with Gasteiger partial charge in [-0.3, -0.25) is 14.7 Å². The second-order valence-electron chi connectivity index (χ2n) is 16.3. The highest BCUT2D eigenvalue weighted by Crippen LogP contribution is 2.15. The summed E-state index contributed by atoms with van der Waals surface area (Å²) < 4.78 is 7.94. The highest BCUT2D eigenvalue weighted by Gasteiger charge is 2.20. The molecule has 3 atom stereocenters. The van der Waals surface area contributed by atoms with Crippen LogP contribution < -0.4 is 5.31 Å². The van der Waals surface area contributed by atoms with Crippen LogP contribution >= 0.6 is 0 Å². The SMILES string of the molecule is [2H]N1CCN(CCN(CCN(CC(O)CCCCCCCCCC)CC(O)CCCCCCCCCC)CC(O)CCCCCCCCCC)CC1. The van der Waals surface area contributed by atoms with Crippen LogP contribution in [-0.2, 0) is 0 Å². The van der Waals surface area contributed by atoms with Gasteiger partial charge in [-0.05, 0) is 19.3 Å². The average Bonchev–Trinajstić information content (AvgIpc) is 3.13. The van der Waals surface area contributed by atoms with Crippen molar-refractivity contribution in [3.05, 3.63) is 0 Å². The molecule has 0 bridgehead atoms. The fraction of sp³-hybridized carbons (Fsp3) is 1.00. The molecule has 0 amide bonds. The summed E-state index contributed by atoms with van der Waals surface area (Å²) in [7, 11) is 0. The lowest BCUT2D eigenvalue weighted by molar-refractivity contribution is 0.0463. The second kappa shape index (κ2) is 36.7. The lowest BCUT2D eigenvalue weighted by Crippen LogP contribution is -2.48. The number of hydrogen-bond donors (Lipinski definition) is 4. The van der Waals surface area contributed by atoms with Gasteiger partial charge in [0.1, 0.15) is 1.41 Å². The summed E-state index contributed by atoms with van der Waals surface area (Å²) >= 11 is 0. The molecule has 1 aliphatic heterocycles. The highest BCUT2D eigenvalue weighted by atomic mass is 16.3. The van der Waals surface area contributed by atoms with Crippen molar-refractivity contribution in [2.45, 2.75) is 212 Å². The molecule has 0 spiro atoms. The van der Waals surface area contributed by atoms with Crippen LogP contribution in [-0.4, -0.2) is 120 Å². The molecule has 4 N–H and O–H groups in total. The van der Waals surface area contributed by atoms with E-state index in [2.05, 4.69) is 35.5 Å². The Hall–Kier alpha value is -0.280. The third-order valence-corrected chi connectivity index (χ3v) is 11.2. The molecular formula is C44H92N4O3. The van der Waals surface area contributed by atoms with E-state index in [1.54, 1.807) is 5.31 Å². The molecule has 0 saturated carbocycles. The van der Waals surface area contributed by atoms with Crippen molar-refractivity contribution in [1.29, 1.82) is 0 Å². The maximum absolute atomic E-state index is 11.1. The number of unbranched alkanes of at least 4 members (excludes halogenated alkanes) is 21. The lowest BCUT2D eigenvalue weighted by atomic mass is 10.0. The first-order valence-corrected chi connectivity index (χ1v) is 22.8. The largest absolute Gasteiger partial charge is 0.392 e. The molecule has 3 unspecified atom stereocenters. The van der Waals surface area contributed by atoms with Gasteiger partial charge < -0.3 is 20.6 Å². The predicted octanol–water partition coefficient (Wildman–Crippen LogP) is 9.17. The summed E-state index contributed by atoms with van der Waals surface area (Å²) in [5, 5.41) is 35.1. The first-order chi connectivity index (χ1) is 25.4. The van der Waals surface area contributed by atoms with Crippen molar-refractivity contribution in [1.82, 2.24) is 20.0 Å². The Balaban J connectivity index is 2.69. The van der Waals surface area contributed by atoms with Crippen LogP contribution in [0.25, 0.3) is 0 Å². The van der Waals surface area contributed by atoms with Gasteiger partial charge in [-0.15, -0.1) is 0 Å². The second-order valence-corrected chi connectivity index (χ2v) is 16.3. The minimum Gasteiger partial charge on any atom is -0.392 e. The van der Waals surface area contributed by atoms with Crippen molar-refractivity contribution in [3.63, 3.8) is 0 Å². The van der Waals surface area contributed by atoms with E-state index < -0.39 is 0 Å². The first kappa shape index (κ1) is 46.9. The maximum Gasteiger partial charge on any atom is 0.122 e. The third kappa shape index (κ3) is 31.7. The fourth-order valence-corrected chi connectivity index (χ4v) is 7.70. The van der Waals surface area contributed by atoms with Crippen LogP contribution in [0, 0.1) is 0 Å². The summed E-state index contributed by atoms with van der Waals surface area (Å²) in [5.41, 5.74) is 0. The Bertz CT molecular complexity index is 702. The smallest absolute Gasteiger partial charge is 0.122 e. The van der Waals surface area contributed by atoms with Crippen molar-refractivity contribution >= 4 is 0 Å². The predicted molar refractivity (Wildman–Crippen MR) is 222 cm³/mol. The van der Waals surface area contributed by atoms with E-state index in [0.717, 1.165) is 90.9 Å². The summed E-state index contributed by atoms with van der Waals surface area (Å²) in [6, 6.07) is 0. The minimum absolute atomic E-state index is 0.321. The number of rotatable bonds is 39. The molecule has 0 aromatic carbocycles. The molecular weight excluding hydrogens is 633 g/mol. The number of piperazine rings is 1. The summed E-state index contributed by atoms with van der Waals surface area (Å²) in [6.07, 6.45) is 32.1. The normalized spacial score (nSPS) is 16.7. The molecule has 7 nitrogen and oxygen atoms in total. The lowest BCUT2D eigenvalue weighted by Gasteiger charge is -2.33. The zero-order chi connectivity index (χ0) is 37.9. The Morgan fingerprint density at radius 3 is 1.16 bits per heavy atom. The zero-order valence-corrected chi connectivity index (χ0v) is 34.7. The monoisotopic (exact) mass is 726 g/mol. The van der Waals surface area contributed by atoms with E-state index in [1.165, 1.54) is 135 Å². The van der Waals surface area contributed by atoms with E-state index in [-0.39, 0.29) is 18.3 Å². The van der Waals surface area contributed by atoms with Gasteiger partial charge >= 0.3 is 0 Å². The van der Waals surface area contributed by atoms with Crippen LogP contribution in [0.15, 0.2) is 0 Å². The zero-order valence-electron chi connectivity index (χ0n) is 35.7. The standard InChI is InChI=1S/C44H92N4O3/c1-4-7-10-13-16-19-22-25-28-42(49)39-47(36-35-46-33-31-45-32-34-46)37-38-48(40-43(50)29-26-23-20-17-14-11-8-5-2)41-44(51)30-27-24-21-18-15-12-9-6-3/h42-45,49-51H,4-41H2,1-3H3/i/hD. The highest BCUT2D eigenvalue weighted by molar-refractivity contribution is 4.75. The Morgan fingerprint density at radius 1 is 0.471 bits per heavy atom. The Kier molecular flexibility index (Phi) is 33.7. The quantitative estimate of drug-likeness (QED) is 0.0471. The van der Waals surface area contributed by atoms with Crippen LogP contribution in [0.5, 0.6) is 0 Å². The molecule has 51 heavy (non-hydrogen) atoms. The van der Waals surface area contributed by atoms with E-state index in [4.69, 9.17) is 1.41 Å². The Morgan fingerprint density at radius 2 is 0.784 bits per heavy atom. The minimum atomic E-state index is -0.363. The van der Waals surface area contributed by atoms with Gasteiger partial charge in [-0.1, -0.05) is 175 Å². The van der Waals surface area contributed by atoms with Crippen LogP contribution in [0.2, 0.25) is 1.41 Å². The number of nitrogens with one attached hydrogen (secondary N) is 1. The number of aliphatic hydroxyl groups is 3. The van der Waals surface area contributed by atoms with Gasteiger partial charge in [0.05, 0.1) is 18.3 Å². The van der Waals surface area contributed by atoms with Crippen molar-refractivity contribution in [2.75, 3.05) is 72.0 Å². The van der Waals surface area contributed by atoms with E-state index in [1.807, 2.05) is 0 Å². The molecule has 1 saturated heterocycles. The summed E-state index contributed by atoms with van der Waals surface area (Å²) in [4.78, 5) is 7.22. The molecule has 0 aromatic heterocycles. The average molecular weight is 726 g/mol. The van der Waals surface area contributed by atoms with Gasteiger partial charge in [-0.2, -0.15) is 0 Å². The van der Waals surface area contributed by atoms with Gasteiger partial charge in [0.25, 0.3) is 0 Å². The molecule has 0 aromatic rings. The van der Waals surface area contributed by atoms with Crippen molar-refractivity contribution < 1.29 is 16.7 Å². The molecule has 1 heterocycles. The number of nitrogens with zero attached hydrogens (tertiary/aromatic N) is 3. The van der Waals surface area contributed by atoms with Crippen molar-refractivity contribution in [2.24, 2.45) is 0 Å². The van der Waals surface area contributed by atoms with Gasteiger partial charge in [0.2, 0.25) is 0 Å². The van der Waals surface area contributed by atoms with Crippen LogP contribution in [0.4, 0.5) is 0 Å². The molecule has 1 fully saturated rings. The summed E-state index contributed by atoms with van der Waals surface area (Å²) in [5.74, 6) is 0.